The Morgan fingerprint density at radius 2 is 1.56 bits per heavy atom. The molecule has 0 saturated heterocycles. The third-order valence-corrected chi connectivity index (χ3v) is 6.26. The molecule has 0 heterocycles. The average molecular weight is 192 g/mol. The van der Waals surface area contributed by atoms with E-state index in [0.29, 0.717) is 0 Å². The maximum absolute atomic E-state index is 5.38. The summed E-state index contributed by atoms with van der Waals surface area (Å²) < 4.78 is 5.38. The summed E-state index contributed by atoms with van der Waals surface area (Å²) in [5.74, 6) is 0. The molecule has 0 unspecified atom stereocenters. The SMILES string of the molecule is CCC[As](CCC)OC. The van der Waals surface area contributed by atoms with E-state index in [0.717, 1.165) is 0 Å². The van der Waals surface area contributed by atoms with Gasteiger partial charge in [0.1, 0.15) is 0 Å². The molecule has 0 saturated carbocycles. The first kappa shape index (κ1) is 9.52. The molecule has 0 aromatic rings. The van der Waals surface area contributed by atoms with Crippen LogP contribution < -0.4 is 0 Å². The van der Waals surface area contributed by atoms with Crippen LogP contribution in [-0.4, -0.2) is 22.1 Å². The van der Waals surface area contributed by atoms with E-state index in [9.17, 15) is 0 Å². The maximum atomic E-state index is 5.38. The molecule has 0 aromatic carbocycles. The van der Waals surface area contributed by atoms with Crippen molar-refractivity contribution in [1.29, 1.82) is 0 Å². The Balaban J connectivity index is 3.18. The normalized spacial score (nSPS) is 10.7. The van der Waals surface area contributed by atoms with Gasteiger partial charge in [0.2, 0.25) is 0 Å². The van der Waals surface area contributed by atoms with Crippen LogP contribution >= 0.6 is 0 Å². The van der Waals surface area contributed by atoms with E-state index in [2.05, 4.69) is 13.8 Å². The molecule has 0 rings (SSSR count). The van der Waals surface area contributed by atoms with Crippen molar-refractivity contribution >= 4 is 15.0 Å². The van der Waals surface area contributed by atoms with E-state index in [-0.39, 0.29) is 0 Å². The molecule has 56 valence electrons. The minimum atomic E-state index is -0.774. The van der Waals surface area contributed by atoms with Crippen molar-refractivity contribution in [3.63, 3.8) is 0 Å². The van der Waals surface area contributed by atoms with Gasteiger partial charge < -0.3 is 0 Å². The molecule has 0 bridgehead atoms. The summed E-state index contributed by atoms with van der Waals surface area (Å²) in [4.78, 5) is 0. The van der Waals surface area contributed by atoms with Crippen LogP contribution in [0.5, 0.6) is 0 Å². The predicted octanol–water partition coefficient (Wildman–Crippen LogP) is 2.44. The first-order chi connectivity index (χ1) is 4.35. The van der Waals surface area contributed by atoms with E-state index in [4.69, 9.17) is 3.73 Å². The van der Waals surface area contributed by atoms with E-state index < -0.39 is 15.0 Å². The van der Waals surface area contributed by atoms with Crippen molar-refractivity contribution in [2.75, 3.05) is 7.11 Å². The molecule has 0 atom stereocenters. The van der Waals surface area contributed by atoms with Gasteiger partial charge in [-0.1, -0.05) is 0 Å². The second kappa shape index (κ2) is 6.64. The minimum absolute atomic E-state index is 0.774. The van der Waals surface area contributed by atoms with Crippen LogP contribution in [0.25, 0.3) is 0 Å². The van der Waals surface area contributed by atoms with Gasteiger partial charge in [0.05, 0.1) is 0 Å². The third-order valence-electron chi connectivity index (χ3n) is 1.20. The third kappa shape index (κ3) is 4.99. The molecule has 0 N–H and O–H groups in total. The zero-order chi connectivity index (χ0) is 7.11. The molecule has 1 nitrogen and oxygen atoms in total. The molecular weight excluding hydrogens is 175 g/mol. The fourth-order valence-electron chi connectivity index (χ4n) is 0.793. The van der Waals surface area contributed by atoms with Crippen LogP contribution in [0.15, 0.2) is 0 Å². The number of rotatable bonds is 5. The van der Waals surface area contributed by atoms with E-state index in [1.165, 1.54) is 23.3 Å². The van der Waals surface area contributed by atoms with Gasteiger partial charge in [0, 0.05) is 0 Å². The van der Waals surface area contributed by atoms with Gasteiger partial charge in [-0.25, -0.2) is 0 Å². The monoisotopic (exact) mass is 192 g/mol. The summed E-state index contributed by atoms with van der Waals surface area (Å²) in [6, 6.07) is 0. The van der Waals surface area contributed by atoms with E-state index >= 15 is 0 Å². The van der Waals surface area contributed by atoms with Gasteiger partial charge >= 0.3 is 62.9 Å². The second-order valence-electron chi connectivity index (χ2n) is 2.11. The molecular formula is C7H17AsO. The predicted molar refractivity (Wildman–Crippen MR) is 43.0 cm³/mol. The zero-order valence-electron chi connectivity index (χ0n) is 6.68. The Kier molecular flexibility index (Phi) is 7.02. The number of hydrogen-bond donors (Lipinski definition) is 0. The van der Waals surface area contributed by atoms with Crippen molar-refractivity contribution < 1.29 is 3.73 Å². The summed E-state index contributed by atoms with van der Waals surface area (Å²) in [7, 11) is 1.87. The first-order valence-electron chi connectivity index (χ1n) is 3.64. The van der Waals surface area contributed by atoms with Crippen LogP contribution in [0.2, 0.25) is 10.4 Å². The summed E-state index contributed by atoms with van der Waals surface area (Å²) in [6.45, 7) is 4.47. The van der Waals surface area contributed by atoms with Crippen LogP contribution in [0, 0.1) is 0 Å². The van der Waals surface area contributed by atoms with E-state index in [1.54, 1.807) is 0 Å². The Labute approximate surface area is 63.4 Å². The Morgan fingerprint density at radius 3 is 1.78 bits per heavy atom. The van der Waals surface area contributed by atoms with Crippen LogP contribution in [0.3, 0.4) is 0 Å². The van der Waals surface area contributed by atoms with Gasteiger partial charge in [-0.3, -0.25) is 0 Å². The van der Waals surface area contributed by atoms with Gasteiger partial charge in [0.15, 0.2) is 0 Å². The van der Waals surface area contributed by atoms with Crippen LogP contribution in [0.1, 0.15) is 26.7 Å². The number of hydrogen-bond acceptors (Lipinski definition) is 1. The van der Waals surface area contributed by atoms with Crippen molar-refractivity contribution in [2.45, 2.75) is 37.1 Å². The molecule has 0 aromatic heterocycles. The fraction of sp³-hybridized carbons (Fsp3) is 1.00. The molecule has 0 radical (unpaired) electrons. The first-order valence-corrected chi connectivity index (χ1v) is 7.06. The molecule has 0 aliphatic carbocycles. The summed E-state index contributed by atoms with van der Waals surface area (Å²) >= 11 is -0.774. The molecule has 0 aliphatic heterocycles. The summed E-state index contributed by atoms with van der Waals surface area (Å²) in [6.07, 6.45) is 2.60. The molecule has 9 heavy (non-hydrogen) atoms. The van der Waals surface area contributed by atoms with Crippen molar-refractivity contribution in [3.8, 4) is 0 Å². The second-order valence-corrected chi connectivity index (χ2v) is 6.78. The molecule has 0 amide bonds. The molecule has 0 aliphatic rings. The summed E-state index contributed by atoms with van der Waals surface area (Å²) in [5.41, 5.74) is 0. The van der Waals surface area contributed by atoms with Gasteiger partial charge in [-0.2, -0.15) is 0 Å². The van der Waals surface area contributed by atoms with Gasteiger partial charge in [0.25, 0.3) is 0 Å². The van der Waals surface area contributed by atoms with Crippen LogP contribution in [0.4, 0.5) is 0 Å². The van der Waals surface area contributed by atoms with Gasteiger partial charge in [-0.05, 0) is 0 Å². The van der Waals surface area contributed by atoms with Crippen molar-refractivity contribution in [3.05, 3.63) is 0 Å². The standard InChI is InChI=1S/C7H17AsO/c1-4-6-8(9-3)7-5-2/h4-7H2,1-3H3. The molecule has 2 heteroatoms. The molecule has 0 spiro atoms. The quantitative estimate of drug-likeness (QED) is 0.608. The summed E-state index contributed by atoms with van der Waals surface area (Å²) in [5, 5.41) is 2.72. The van der Waals surface area contributed by atoms with Crippen LogP contribution in [-0.2, 0) is 3.73 Å². The van der Waals surface area contributed by atoms with Crippen molar-refractivity contribution in [2.24, 2.45) is 0 Å². The Hall–Kier alpha value is 0.518. The topological polar surface area (TPSA) is 9.23 Å². The zero-order valence-corrected chi connectivity index (χ0v) is 8.56. The molecule has 0 fully saturated rings. The Morgan fingerprint density at radius 1 is 1.11 bits per heavy atom. The Bertz CT molecular complexity index is 50.9. The average Bonchev–Trinajstić information content (AvgIpc) is 1.88. The van der Waals surface area contributed by atoms with Crippen molar-refractivity contribution in [1.82, 2.24) is 0 Å². The fourth-order valence-corrected chi connectivity index (χ4v) is 4.12. The van der Waals surface area contributed by atoms with E-state index in [1.807, 2.05) is 7.11 Å². The van der Waals surface area contributed by atoms with Gasteiger partial charge in [-0.15, -0.1) is 0 Å².